The largest absolute Gasteiger partial charge is 0.523 e. The van der Waals surface area contributed by atoms with E-state index in [0.29, 0.717) is 31.2 Å². The van der Waals surface area contributed by atoms with Crippen LogP contribution in [0.15, 0.2) is 28.0 Å². The normalized spacial score (nSPS) is 26.1. The van der Waals surface area contributed by atoms with Crippen molar-refractivity contribution in [3.8, 4) is 0 Å². The Kier molecular flexibility index (Phi) is 4.88. The van der Waals surface area contributed by atoms with Crippen LogP contribution in [0.3, 0.4) is 0 Å². The standard InChI is InChI=1S/C16H16F6O3S2/c1-2-10-6-7-13-12(8-10)9-14(11-4-3-5-11)26(13,15(17,18)19)25-27(23,24)16(20,21)22/h6-9,11H,2-5H2,1H3. The van der Waals surface area contributed by atoms with Gasteiger partial charge < -0.3 is 0 Å². The highest BCUT2D eigenvalue weighted by Crippen LogP contribution is 2.80. The number of hydrogen-bond donors (Lipinski definition) is 0. The van der Waals surface area contributed by atoms with Gasteiger partial charge in [0.15, 0.2) is 0 Å². The zero-order valence-corrected chi connectivity index (χ0v) is 15.7. The lowest BCUT2D eigenvalue weighted by atomic mass is 9.84. The third-order valence-corrected chi connectivity index (χ3v) is 9.59. The minimum Gasteiger partial charge on any atom is -0.196 e. The lowest BCUT2D eigenvalue weighted by molar-refractivity contribution is -0.0547. The van der Waals surface area contributed by atoms with Crippen molar-refractivity contribution in [2.24, 2.45) is 5.92 Å². The highest BCUT2D eigenvalue weighted by molar-refractivity contribution is 8.37. The quantitative estimate of drug-likeness (QED) is 0.440. The van der Waals surface area contributed by atoms with E-state index in [4.69, 9.17) is 0 Å². The Morgan fingerprint density at radius 3 is 2.22 bits per heavy atom. The molecule has 1 aromatic rings. The van der Waals surface area contributed by atoms with E-state index >= 15 is 0 Å². The van der Waals surface area contributed by atoms with E-state index in [1.165, 1.54) is 18.2 Å². The fraction of sp³-hybridized carbons (Fsp3) is 0.500. The van der Waals surface area contributed by atoms with E-state index in [-0.39, 0.29) is 5.56 Å². The number of fused-ring (bicyclic) bond motifs is 1. The van der Waals surface area contributed by atoms with Crippen molar-refractivity contribution in [1.29, 1.82) is 0 Å². The first-order chi connectivity index (χ1) is 12.3. The molecule has 1 aliphatic heterocycles. The van der Waals surface area contributed by atoms with E-state index in [0.717, 1.165) is 6.07 Å². The van der Waals surface area contributed by atoms with Crippen molar-refractivity contribution in [3.63, 3.8) is 0 Å². The van der Waals surface area contributed by atoms with Crippen LogP contribution < -0.4 is 0 Å². The summed E-state index contributed by atoms with van der Waals surface area (Å²) in [5, 5.41) is 0. The van der Waals surface area contributed by atoms with Crippen LogP contribution in [0.2, 0.25) is 0 Å². The topological polar surface area (TPSA) is 43.4 Å². The molecule has 11 heteroatoms. The number of aryl methyl sites for hydroxylation is 1. The van der Waals surface area contributed by atoms with Crippen LogP contribution in [0.4, 0.5) is 26.3 Å². The molecule has 1 heterocycles. The number of alkyl halides is 6. The minimum absolute atomic E-state index is 0.0703. The Labute approximate surface area is 154 Å². The summed E-state index contributed by atoms with van der Waals surface area (Å²) >= 11 is 0. The fourth-order valence-electron chi connectivity index (χ4n) is 3.15. The van der Waals surface area contributed by atoms with Crippen molar-refractivity contribution >= 4 is 26.5 Å². The van der Waals surface area contributed by atoms with Gasteiger partial charge in [0, 0.05) is 20.1 Å². The molecular formula is C16H16F6O3S2. The SMILES string of the molecule is CCc1ccc2c(c1)C=C(C1CCC1)S2(OS(=O)(=O)C(F)(F)F)C(F)(F)F. The molecule has 1 unspecified atom stereocenters. The number of rotatable bonds is 4. The third-order valence-electron chi connectivity index (χ3n) is 4.73. The number of allylic oxidation sites excluding steroid dienone is 1. The number of halogens is 6. The van der Waals surface area contributed by atoms with E-state index < -0.39 is 47.2 Å². The second kappa shape index (κ2) is 6.41. The summed E-state index contributed by atoms with van der Waals surface area (Å²) in [6, 6.07) is 3.84. The summed E-state index contributed by atoms with van der Waals surface area (Å²) in [6.07, 6.45) is 3.00. The second-order valence-corrected chi connectivity index (χ2v) is 10.8. The molecule has 0 bridgehead atoms. The molecule has 0 saturated heterocycles. The molecule has 0 amide bonds. The zero-order valence-electron chi connectivity index (χ0n) is 14.0. The highest BCUT2D eigenvalue weighted by atomic mass is 32.3. The first kappa shape index (κ1) is 20.5. The third kappa shape index (κ3) is 3.17. The molecule has 1 atom stereocenters. The molecule has 0 aromatic heterocycles. The van der Waals surface area contributed by atoms with Gasteiger partial charge in [-0.1, -0.05) is 25.5 Å². The van der Waals surface area contributed by atoms with E-state index in [9.17, 15) is 34.8 Å². The molecule has 3 rings (SSSR count). The molecule has 1 aliphatic carbocycles. The molecule has 27 heavy (non-hydrogen) atoms. The maximum atomic E-state index is 14.2. The summed E-state index contributed by atoms with van der Waals surface area (Å²) in [5.41, 5.74) is -10.5. The predicted octanol–water partition coefficient (Wildman–Crippen LogP) is 5.87. The summed E-state index contributed by atoms with van der Waals surface area (Å²) in [6.45, 7) is 1.78. The Bertz CT molecular complexity index is 884. The first-order valence-electron chi connectivity index (χ1n) is 8.10. The van der Waals surface area contributed by atoms with Crippen LogP contribution in [0.1, 0.15) is 37.3 Å². The van der Waals surface area contributed by atoms with Crippen molar-refractivity contribution in [1.82, 2.24) is 0 Å². The van der Waals surface area contributed by atoms with E-state index in [1.54, 1.807) is 6.92 Å². The maximum Gasteiger partial charge on any atom is 0.523 e. The monoisotopic (exact) mass is 434 g/mol. The molecule has 1 aromatic carbocycles. The van der Waals surface area contributed by atoms with Crippen molar-refractivity contribution in [3.05, 3.63) is 34.2 Å². The predicted molar refractivity (Wildman–Crippen MR) is 89.1 cm³/mol. The average molecular weight is 434 g/mol. The van der Waals surface area contributed by atoms with Crippen LogP contribution >= 0.6 is 10.3 Å². The number of hydrogen-bond acceptors (Lipinski definition) is 3. The molecule has 0 spiro atoms. The molecule has 1 fully saturated rings. The Balaban J connectivity index is 2.26. The lowest BCUT2D eigenvalue weighted by Crippen LogP contribution is -2.34. The minimum atomic E-state index is -6.46. The molecule has 0 N–H and O–H groups in total. The van der Waals surface area contributed by atoms with Crippen LogP contribution in [-0.4, -0.2) is 19.4 Å². The molecule has 152 valence electrons. The van der Waals surface area contributed by atoms with Crippen LogP contribution in [-0.2, 0) is 20.2 Å². The van der Waals surface area contributed by atoms with Crippen LogP contribution in [0.5, 0.6) is 0 Å². The van der Waals surface area contributed by atoms with Gasteiger partial charge in [0.05, 0.1) is 0 Å². The van der Waals surface area contributed by atoms with Crippen LogP contribution in [0, 0.1) is 5.92 Å². The molecule has 0 radical (unpaired) electrons. The van der Waals surface area contributed by atoms with Crippen LogP contribution in [0.25, 0.3) is 6.08 Å². The highest BCUT2D eigenvalue weighted by Gasteiger charge is 2.65. The van der Waals surface area contributed by atoms with Gasteiger partial charge in [-0.15, -0.1) is 0 Å². The van der Waals surface area contributed by atoms with Gasteiger partial charge in [-0.2, -0.15) is 38.4 Å². The zero-order chi connectivity index (χ0) is 20.3. The Morgan fingerprint density at radius 2 is 1.78 bits per heavy atom. The summed E-state index contributed by atoms with van der Waals surface area (Å²) in [7, 11) is -11.3. The van der Waals surface area contributed by atoms with E-state index in [2.05, 4.69) is 3.63 Å². The molecular weight excluding hydrogens is 418 g/mol. The van der Waals surface area contributed by atoms with Crippen molar-refractivity contribution < 1.29 is 38.4 Å². The first-order valence-corrected chi connectivity index (χ1v) is 11.1. The summed E-state index contributed by atoms with van der Waals surface area (Å²) in [4.78, 5) is -0.931. The van der Waals surface area contributed by atoms with Gasteiger partial charge in [-0.3, -0.25) is 0 Å². The maximum absolute atomic E-state index is 14.2. The van der Waals surface area contributed by atoms with Gasteiger partial charge in [-0.25, -0.2) is 0 Å². The Morgan fingerprint density at radius 1 is 1.15 bits per heavy atom. The number of benzene rings is 1. The molecule has 2 aliphatic rings. The van der Waals surface area contributed by atoms with Gasteiger partial charge in [0.2, 0.25) is 0 Å². The second-order valence-electron chi connectivity index (χ2n) is 6.37. The summed E-state index contributed by atoms with van der Waals surface area (Å²) < 4.78 is 109. The van der Waals surface area contributed by atoms with Gasteiger partial charge >= 0.3 is 21.1 Å². The average Bonchev–Trinajstić information content (AvgIpc) is 2.78. The van der Waals surface area contributed by atoms with Gasteiger partial charge in [-0.05, 0) is 48.4 Å². The smallest absolute Gasteiger partial charge is 0.196 e. The summed E-state index contributed by atoms with van der Waals surface area (Å²) in [5.74, 6) is -0.650. The lowest BCUT2D eigenvalue weighted by Gasteiger charge is -2.43. The molecule has 1 saturated carbocycles. The van der Waals surface area contributed by atoms with Gasteiger partial charge in [0.1, 0.15) is 0 Å². The van der Waals surface area contributed by atoms with Crippen molar-refractivity contribution in [2.75, 3.05) is 0 Å². The van der Waals surface area contributed by atoms with Gasteiger partial charge in [0.25, 0.3) is 0 Å². The van der Waals surface area contributed by atoms with E-state index in [1.807, 2.05) is 0 Å². The molecule has 3 nitrogen and oxygen atoms in total. The van der Waals surface area contributed by atoms with Crippen molar-refractivity contribution in [2.45, 2.75) is 48.5 Å². The fourth-order valence-corrected chi connectivity index (χ4v) is 7.92. The Hall–Kier alpha value is -1.20.